The van der Waals surface area contributed by atoms with Crippen molar-refractivity contribution in [2.45, 2.75) is 27.2 Å². The quantitative estimate of drug-likeness (QED) is 0.802. The summed E-state index contributed by atoms with van der Waals surface area (Å²) in [6, 6.07) is 5.85. The van der Waals surface area contributed by atoms with Crippen molar-refractivity contribution in [2.75, 3.05) is 7.11 Å². The van der Waals surface area contributed by atoms with E-state index in [1.54, 1.807) is 7.11 Å². The Labute approximate surface area is 138 Å². The lowest BCUT2D eigenvalue weighted by atomic mass is 10.1. The summed E-state index contributed by atoms with van der Waals surface area (Å²) in [6.45, 7) is 6.23. The van der Waals surface area contributed by atoms with Crippen LogP contribution in [0.5, 0.6) is 5.75 Å². The van der Waals surface area contributed by atoms with Gasteiger partial charge in [-0.15, -0.1) is 0 Å². The maximum absolute atomic E-state index is 12.1. The second-order valence-electron chi connectivity index (χ2n) is 5.48. The Bertz CT molecular complexity index is 708. The van der Waals surface area contributed by atoms with E-state index in [0.717, 1.165) is 29.0 Å². The van der Waals surface area contributed by atoms with Gasteiger partial charge in [-0.2, -0.15) is 0 Å². The monoisotopic (exact) mass is 398 g/mol. The van der Waals surface area contributed by atoms with E-state index in [1.165, 1.54) is 0 Å². The summed E-state index contributed by atoms with van der Waals surface area (Å²) in [4.78, 5) is 19.6. The van der Waals surface area contributed by atoms with Gasteiger partial charge >= 0.3 is 0 Å². The van der Waals surface area contributed by atoms with E-state index >= 15 is 0 Å². The molecule has 0 aliphatic rings. The van der Waals surface area contributed by atoms with E-state index in [2.05, 4.69) is 46.4 Å². The number of benzene rings is 1. The highest BCUT2D eigenvalue weighted by atomic mass is 127. The number of ether oxygens (including phenoxy) is 1. The van der Waals surface area contributed by atoms with Crippen LogP contribution in [0.25, 0.3) is 11.4 Å². The summed E-state index contributed by atoms with van der Waals surface area (Å²) >= 11 is 2.06. The third-order valence-corrected chi connectivity index (χ3v) is 4.26. The summed E-state index contributed by atoms with van der Waals surface area (Å²) in [5.74, 6) is 1.73. The number of nitrogens with one attached hydrogen (secondary N) is 1. The molecule has 0 radical (unpaired) electrons. The van der Waals surface area contributed by atoms with Gasteiger partial charge in [-0.25, -0.2) is 4.98 Å². The normalized spacial score (nSPS) is 11.0. The van der Waals surface area contributed by atoms with Crippen LogP contribution in [0, 0.1) is 16.4 Å². The van der Waals surface area contributed by atoms with Crippen LogP contribution in [-0.4, -0.2) is 17.1 Å². The molecule has 0 saturated carbocycles. The third kappa shape index (κ3) is 3.64. The second kappa shape index (κ2) is 6.60. The molecule has 0 aliphatic carbocycles. The Kier molecular flexibility index (Phi) is 5.03. The van der Waals surface area contributed by atoms with Crippen LogP contribution in [0.2, 0.25) is 0 Å². The van der Waals surface area contributed by atoms with Gasteiger partial charge < -0.3 is 9.72 Å². The molecule has 21 heavy (non-hydrogen) atoms. The molecule has 1 heterocycles. The van der Waals surface area contributed by atoms with Crippen molar-refractivity contribution in [3.05, 3.63) is 43.4 Å². The van der Waals surface area contributed by atoms with Crippen LogP contribution in [0.1, 0.15) is 25.1 Å². The largest absolute Gasteiger partial charge is 0.496 e. The first kappa shape index (κ1) is 16.0. The molecule has 5 heteroatoms. The number of rotatable bonds is 4. The minimum atomic E-state index is -0.0983. The zero-order valence-corrected chi connectivity index (χ0v) is 14.8. The molecule has 1 aromatic carbocycles. The van der Waals surface area contributed by atoms with Crippen LogP contribution in [0.3, 0.4) is 0 Å². The molecule has 1 N–H and O–H groups in total. The lowest BCUT2D eigenvalue weighted by Crippen LogP contribution is -2.17. The van der Waals surface area contributed by atoms with Gasteiger partial charge in [-0.1, -0.05) is 19.9 Å². The summed E-state index contributed by atoms with van der Waals surface area (Å²) in [5.41, 5.74) is 2.65. The standard InChI is InChI=1S/C16H19IN2O2/c1-9(2)7-12-14(17)16(20)19-15(18-12)11-6-5-10(3)8-13(11)21-4/h5-6,8-9H,7H2,1-4H3,(H,18,19,20). The van der Waals surface area contributed by atoms with E-state index in [1.807, 2.05) is 25.1 Å². The summed E-state index contributed by atoms with van der Waals surface area (Å²) < 4.78 is 6.07. The number of hydrogen-bond donors (Lipinski definition) is 1. The van der Waals surface area contributed by atoms with Crippen LogP contribution in [0.4, 0.5) is 0 Å². The van der Waals surface area contributed by atoms with Crippen molar-refractivity contribution in [2.24, 2.45) is 5.92 Å². The van der Waals surface area contributed by atoms with Crippen molar-refractivity contribution in [1.29, 1.82) is 0 Å². The van der Waals surface area contributed by atoms with Gasteiger partial charge in [0.25, 0.3) is 5.56 Å². The predicted molar refractivity (Wildman–Crippen MR) is 92.8 cm³/mol. The molecule has 0 atom stereocenters. The van der Waals surface area contributed by atoms with E-state index in [-0.39, 0.29) is 5.56 Å². The third-order valence-electron chi connectivity index (χ3n) is 3.15. The van der Waals surface area contributed by atoms with Crippen molar-refractivity contribution < 1.29 is 4.74 Å². The van der Waals surface area contributed by atoms with Crippen LogP contribution >= 0.6 is 22.6 Å². The first-order valence-electron chi connectivity index (χ1n) is 6.86. The van der Waals surface area contributed by atoms with Crippen LogP contribution < -0.4 is 10.3 Å². The number of aromatic nitrogens is 2. The van der Waals surface area contributed by atoms with Gasteiger partial charge in [0, 0.05) is 0 Å². The maximum Gasteiger partial charge on any atom is 0.264 e. The Morgan fingerprint density at radius 1 is 1.38 bits per heavy atom. The van der Waals surface area contributed by atoms with Gasteiger partial charge in [0.1, 0.15) is 11.6 Å². The fourth-order valence-electron chi connectivity index (χ4n) is 2.15. The molecule has 1 aromatic heterocycles. The van der Waals surface area contributed by atoms with Gasteiger partial charge in [-0.3, -0.25) is 4.79 Å². The van der Waals surface area contributed by atoms with Gasteiger partial charge in [0.05, 0.1) is 21.9 Å². The molecular weight excluding hydrogens is 379 g/mol. The summed E-state index contributed by atoms with van der Waals surface area (Å²) in [6.07, 6.45) is 0.781. The number of aromatic amines is 1. The Morgan fingerprint density at radius 2 is 2.10 bits per heavy atom. The summed E-state index contributed by atoms with van der Waals surface area (Å²) in [7, 11) is 1.62. The topological polar surface area (TPSA) is 55.0 Å². The number of methoxy groups -OCH3 is 1. The van der Waals surface area contributed by atoms with Gasteiger partial charge in [0.2, 0.25) is 0 Å². The molecule has 2 aromatic rings. The van der Waals surface area contributed by atoms with E-state index < -0.39 is 0 Å². The van der Waals surface area contributed by atoms with Crippen molar-refractivity contribution in [1.82, 2.24) is 9.97 Å². The molecule has 0 amide bonds. The van der Waals surface area contributed by atoms with Crippen molar-refractivity contribution in [3.63, 3.8) is 0 Å². The van der Waals surface area contributed by atoms with Crippen LogP contribution in [0.15, 0.2) is 23.0 Å². The zero-order chi connectivity index (χ0) is 15.6. The zero-order valence-electron chi connectivity index (χ0n) is 12.7. The maximum atomic E-state index is 12.1. The molecule has 0 unspecified atom stereocenters. The fraction of sp³-hybridized carbons (Fsp3) is 0.375. The summed E-state index contributed by atoms with van der Waals surface area (Å²) in [5, 5.41) is 0. The van der Waals surface area contributed by atoms with Crippen LogP contribution in [-0.2, 0) is 6.42 Å². The van der Waals surface area contributed by atoms with Crippen molar-refractivity contribution >= 4 is 22.6 Å². The highest BCUT2D eigenvalue weighted by Gasteiger charge is 2.14. The number of hydrogen-bond acceptors (Lipinski definition) is 3. The fourth-order valence-corrected chi connectivity index (χ4v) is 2.62. The SMILES string of the molecule is COc1cc(C)ccc1-c1nc(CC(C)C)c(I)c(=O)[nH]1. The average Bonchev–Trinajstić information content (AvgIpc) is 2.43. The number of H-pyrrole nitrogens is 1. The number of halogens is 1. The average molecular weight is 398 g/mol. The predicted octanol–water partition coefficient (Wildman–Crippen LogP) is 3.56. The molecular formula is C16H19IN2O2. The van der Waals surface area contributed by atoms with Gasteiger partial charge in [0.15, 0.2) is 0 Å². The highest BCUT2D eigenvalue weighted by molar-refractivity contribution is 14.1. The first-order valence-corrected chi connectivity index (χ1v) is 7.94. The second-order valence-corrected chi connectivity index (χ2v) is 6.56. The minimum absolute atomic E-state index is 0.0983. The lowest BCUT2D eigenvalue weighted by molar-refractivity contribution is 0.416. The molecule has 112 valence electrons. The molecule has 0 saturated heterocycles. The Morgan fingerprint density at radius 3 is 2.71 bits per heavy atom. The van der Waals surface area contributed by atoms with Gasteiger partial charge in [-0.05, 0) is 59.5 Å². The number of aryl methyl sites for hydroxylation is 1. The minimum Gasteiger partial charge on any atom is -0.496 e. The number of nitrogens with zero attached hydrogens (tertiary/aromatic N) is 1. The first-order chi connectivity index (χ1) is 9.92. The smallest absolute Gasteiger partial charge is 0.264 e. The van der Waals surface area contributed by atoms with E-state index in [4.69, 9.17) is 4.74 Å². The molecule has 0 aliphatic heterocycles. The molecule has 0 bridgehead atoms. The van der Waals surface area contributed by atoms with E-state index in [0.29, 0.717) is 15.3 Å². The Hall–Kier alpha value is -1.37. The molecule has 2 rings (SSSR count). The molecule has 4 nitrogen and oxygen atoms in total. The van der Waals surface area contributed by atoms with Crippen molar-refractivity contribution in [3.8, 4) is 17.1 Å². The lowest BCUT2D eigenvalue weighted by Gasteiger charge is -2.12. The molecule has 0 spiro atoms. The Balaban J connectivity index is 2.59. The highest BCUT2D eigenvalue weighted by Crippen LogP contribution is 2.28. The molecule has 0 fully saturated rings. The van der Waals surface area contributed by atoms with E-state index in [9.17, 15) is 4.79 Å².